The van der Waals surface area contributed by atoms with E-state index >= 15 is 0 Å². The molecular formula is C19H16FN5OS. The van der Waals surface area contributed by atoms with Crippen molar-refractivity contribution in [3.05, 3.63) is 54.1 Å². The number of hydrogen-bond acceptors (Lipinski definition) is 5. The van der Waals surface area contributed by atoms with Crippen molar-refractivity contribution in [2.75, 3.05) is 18.0 Å². The third-order valence-electron chi connectivity index (χ3n) is 4.73. The maximum atomic E-state index is 13.3. The first-order valence-corrected chi connectivity index (χ1v) is 9.50. The van der Waals surface area contributed by atoms with Gasteiger partial charge >= 0.3 is 0 Å². The fourth-order valence-corrected chi connectivity index (χ4v) is 4.24. The first kappa shape index (κ1) is 16.2. The summed E-state index contributed by atoms with van der Waals surface area (Å²) in [5.41, 5.74) is 2.64. The van der Waals surface area contributed by atoms with Crippen molar-refractivity contribution in [2.45, 2.75) is 6.54 Å². The van der Waals surface area contributed by atoms with Gasteiger partial charge in [0.25, 0.3) is 0 Å². The Bertz CT molecular complexity index is 1110. The first-order chi connectivity index (χ1) is 13.2. The minimum absolute atomic E-state index is 0.0128. The molecule has 2 N–H and O–H groups in total. The molecule has 136 valence electrons. The SMILES string of the molecule is O=C(NCc1nc2ccccc2[nH]1)C1CN(c2nc3ccc(F)cc3s2)C1. The minimum atomic E-state index is -0.260. The average molecular weight is 381 g/mol. The largest absolute Gasteiger partial charge is 0.349 e. The molecule has 0 unspecified atom stereocenters. The van der Waals surface area contributed by atoms with Gasteiger partial charge in [-0.15, -0.1) is 0 Å². The number of nitrogens with zero attached hydrogens (tertiary/aromatic N) is 3. The highest BCUT2D eigenvalue weighted by molar-refractivity contribution is 7.22. The molecule has 2 aromatic heterocycles. The Morgan fingerprint density at radius 1 is 1.22 bits per heavy atom. The van der Waals surface area contributed by atoms with Crippen LogP contribution in [0, 0.1) is 11.7 Å². The summed E-state index contributed by atoms with van der Waals surface area (Å²) in [5.74, 6) is 0.426. The van der Waals surface area contributed by atoms with Gasteiger partial charge in [-0.05, 0) is 30.3 Å². The van der Waals surface area contributed by atoms with Crippen LogP contribution >= 0.6 is 11.3 Å². The highest BCUT2D eigenvalue weighted by atomic mass is 32.1. The zero-order valence-electron chi connectivity index (χ0n) is 14.3. The number of aromatic nitrogens is 3. The number of thiazole rings is 1. The van der Waals surface area contributed by atoms with E-state index in [9.17, 15) is 9.18 Å². The summed E-state index contributed by atoms with van der Waals surface area (Å²) in [6.07, 6.45) is 0. The Balaban J connectivity index is 1.19. The fourth-order valence-electron chi connectivity index (χ4n) is 3.23. The zero-order chi connectivity index (χ0) is 18.4. The molecule has 2 aromatic carbocycles. The topological polar surface area (TPSA) is 73.9 Å². The van der Waals surface area contributed by atoms with Gasteiger partial charge in [0.05, 0.1) is 33.7 Å². The van der Waals surface area contributed by atoms with E-state index in [1.54, 1.807) is 6.07 Å². The number of nitrogens with one attached hydrogen (secondary N) is 2. The van der Waals surface area contributed by atoms with Crippen LogP contribution in [0.25, 0.3) is 21.3 Å². The molecule has 1 fully saturated rings. The number of rotatable bonds is 4. The van der Waals surface area contributed by atoms with Crippen molar-refractivity contribution in [3.8, 4) is 0 Å². The number of benzene rings is 2. The first-order valence-electron chi connectivity index (χ1n) is 8.68. The Hall–Kier alpha value is -3.00. The lowest BCUT2D eigenvalue weighted by atomic mass is 10.0. The number of hydrogen-bond donors (Lipinski definition) is 2. The molecule has 3 heterocycles. The van der Waals surface area contributed by atoms with Gasteiger partial charge in [-0.2, -0.15) is 0 Å². The van der Waals surface area contributed by atoms with Crippen LogP contribution in [0.15, 0.2) is 42.5 Å². The summed E-state index contributed by atoms with van der Waals surface area (Å²) >= 11 is 1.45. The second-order valence-electron chi connectivity index (χ2n) is 6.63. The summed E-state index contributed by atoms with van der Waals surface area (Å²) < 4.78 is 14.1. The normalized spacial score (nSPS) is 14.6. The standard InChI is InChI=1S/C19H16FN5OS/c20-12-5-6-15-16(7-12)27-19(24-15)25-9-11(10-25)18(26)21-8-17-22-13-3-1-2-4-14(13)23-17/h1-7,11H,8-10H2,(H,21,26)(H,22,23). The van der Waals surface area contributed by atoms with Crippen LogP contribution in [0.1, 0.15) is 5.82 Å². The number of aromatic amines is 1. The lowest BCUT2D eigenvalue weighted by molar-refractivity contribution is -0.125. The van der Waals surface area contributed by atoms with Crippen molar-refractivity contribution in [1.82, 2.24) is 20.3 Å². The number of carbonyl (C=O) groups is 1. The van der Waals surface area contributed by atoms with Crippen molar-refractivity contribution in [3.63, 3.8) is 0 Å². The minimum Gasteiger partial charge on any atom is -0.349 e. The number of imidazole rings is 1. The van der Waals surface area contributed by atoms with Gasteiger partial charge in [0, 0.05) is 13.1 Å². The van der Waals surface area contributed by atoms with E-state index in [0.717, 1.165) is 32.2 Å². The molecule has 0 bridgehead atoms. The molecule has 6 nitrogen and oxygen atoms in total. The van der Waals surface area contributed by atoms with E-state index < -0.39 is 0 Å². The molecule has 0 atom stereocenters. The van der Waals surface area contributed by atoms with Gasteiger partial charge < -0.3 is 15.2 Å². The molecule has 0 radical (unpaired) electrons. The highest BCUT2D eigenvalue weighted by Gasteiger charge is 2.34. The summed E-state index contributed by atoms with van der Waals surface area (Å²) in [4.78, 5) is 26.6. The van der Waals surface area contributed by atoms with Gasteiger partial charge in [0.15, 0.2) is 5.13 Å². The van der Waals surface area contributed by atoms with E-state index in [-0.39, 0.29) is 17.6 Å². The van der Waals surface area contributed by atoms with Crippen molar-refractivity contribution in [1.29, 1.82) is 0 Å². The van der Waals surface area contributed by atoms with Crippen LogP contribution in [0.4, 0.5) is 9.52 Å². The van der Waals surface area contributed by atoms with E-state index in [1.165, 1.54) is 23.5 Å². The highest BCUT2D eigenvalue weighted by Crippen LogP contribution is 2.33. The third kappa shape index (κ3) is 3.02. The Kier molecular flexibility index (Phi) is 3.78. The number of halogens is 1. The quantitative estimate of drug-likeness (QED) is 0.570. The molecule has 1 aliphatic rings. The molecule has 5 rings (SSSR count). The number of fused-ring (bicyclic) bond motifs is 2. The molecule has 8 heteroatoms. The van der Waals surface area contributed by atoms with Crippen LogP contribution < -0.4 is 10.2 Å². The Morgan fingerprint density at radius 2 is 2.07 bits per heavy atom. The predicted molar refractivity (Wildman–Crippen MR) is 103 cm³/mol. The van der Waals surface area contributed by atoms with Gasteiger partial charge in [0.2, 0.25) is 5.91 Å². The van der Waals surface area contributed by atoms with Gasteiger partial charge in [-0.3, -0.25) is 4.79 Å². The van der Waals surface area contributed by atoms with E-state index in [0.29, 0.717) is 19.6 Å². The summed E-state index contributed by atoms with van der Waals surface area (Å²) in [6, 6.07) is 12.4. The Morgan fingerprint density at radius 3 is 2.93 bits per heavy atom. The van der Waals surface area contributed by atoms with E-state index in [4.69, 9.17) is 0 Å². The molecule has 0 spiro atoms. The van der Waals surface area contributed by atoms with Crippen molar-refractivity contribution < 1.29 is 9.18 Å². The van der Waals surface area contributed by atoms with Crippen LogP contribution in [0.3, 0.4) is 0 Å². The second-order valence-corrected chi connectivity index (χ2v) is 7.64. The van der Waals surface area contributed by atoms with Crippen LogP contribution in [-0.2, 0) is 11.3 Å². The molecule has 27 heavy (non-hydrogen) atoms. The van der Waals surface area contributed by atoms with E-state index in [2.05, 4.69) is 20.3 Å². The lowest BCUT2D eigenvalue weighted by Gasteiger charge is -2.37. The van der Waals surface area contributed by atoms with Gasteiger partial charge in [0.1, 0.15) is 11.6 Å². The molecule has 0 aliphatic carbocycles. The van der Waals surface area contributed by atoms with Crippen molar-refractivity contribution in [2.24, 2.45) is 5.92 Å². The number of para-hydroxylation sites is 2. The smallest absolute Gasteiger partial charge is 0.227 e. The Labute approximate surface area is 158 Å². The third-order valence-corrected chi connectivity index (χ3v) is 5.81. The summed E-state index contributed by atoms with van der Waals surface area (Å²) in [6.45, 7) is 1.62. The molecule has 1 aliphatic heterocycles. The molecule has 1 amide bonds. The van der Waals surface area contributed by atoms with Crippen LogP contribution in [-0.4, -0.2) is 33.9 Å². The molecule has 1 saturated heterocycles. The molecular weight excluding hydrogens is 365 g/mol. The monoisotopic (exact) mass is 381 g/mol. The molecule has 0 saturated carbocycles. The van der Waals surface area contributed by atoms with Crippen LogP contribution in [0.5, 0.6) is 0 Å². The van der Waals surface area contributed by atoms with Crippen LogP contribution in [0.2, 0.25) is 0 Å². The zero-order valence-corrected chi connectivity index (χ0v) is 15.1. The predicted octanol–water partition coefficient (Wildman–Crippen LogP) is 3.06. The number of amides is 1. The number of anilines is 1. The summed E-state index contributed by atoms with van der Waals surface area (Å²) in [7, 11) is 0. The number of H-pyrrole nitrogens is 1. The number of carbonyl (C=O) groups excluding carboxylic acids is 1. The molecule has 4 aromatic rings. The maximum Gasteiger partial charge on any atom is 0.227 e. The second kappa shape index (κ2) is 6.31. The fraction of sp³-hybridized carbons (Fsp3) is 0.211. The average Bonchev–Trinajstić information content (AvgIpc) is 3.21. The lowest BCUT2D eigenvalue weighted by Crippen LogP contribution is -2.53. The summed E-state index contributed by atoms with van der Waals surface area (Å²) in [5, 5.41) is 3.77. The van der Waals surface area contributed by atoms with Crippen molar-refractivity contribution >= 4 is 43.6 Å². The van der Waals surface area contributed by atoms with Gasteiger partial charge in [-0.1, -0.05) is 23.5 Å². The van der Waals surface area contributed by atoms with E-state index in [1.807, 2.05) is 29.2 Å². The van der Waals surface area contributed by atoms with Gasteiger partial charge in [-0.25, -0.2) is 14.4 Å². The maximum absolute atomic E-state index is 13.3.